The van der Waals surface area contributed by atoms with Gasteiger partial charge in [-0.25, -0.2) is 0 Å². The first-order valence-electron chi connectivity index (χ1n) is 19.8. The number of hydrogen-bond acceptors (Lipinski definition) is 2. The van der Waals surface area contributed by atoms with Crippen molar-refractivity contribution in [3.63, 3.8) is 0 Å². The molecule has 1 nitrogen and oxygen atoms in total. The lowest BCUT2D eigenvalue weighted by molar-refractivity contribution is 1.28. The maximum absolute atomic E-state index is 2.37. The third-order valence-electron chi connectivity index (χ3n) is 11.5. The van der Waals surface area contributed by atoms with Crippen LogP contribution in [0, 0.1) is 0 Å². The van der Waals surface area contributed by atoms with E-state index < -0.39 is 0 Å². The van der Waals surface area contributed by atoms with Crippen LogP contribution in [0.5, 0.6) is 0 Å². The van der Waals surface area contributed by atoms with Crippen molar-refractivity contribution in [1.82, 2.24) is 0 Å². The van der Waals surface area contributed by atoms with E-state index in [9.17, 15) is 0 Å². The number of thiophene rings is 1. The van der Waals surface area contributed by atoms with Crippen LogP contribution in [0.3, 0.4) is 0 Å². The Balaban J connectivity index is 0.950. The van der Waals surface area contributed by atoms with Crippen LogP contribution in [-0.2, 0) is 0 Å². The standard InChI is InChI=1S/C56H37NS/c1-2-10-38(11-3-1)39-26-31-47(32-27-39)57(48-33-28-43(29-34-48)52-17-9-18-54-53-16-6-7-19-55(53)58-56(52)54)49-14-8-13-44(37-49)40-20-22-41(23-21-40)45-30-35-51-46(36-45)25-24-42-12-4-5-15-50(42)51/h1-37H. The Kier molecular flexibility index (Phi) is 8.42. The number of nitrogens with zero attached hydrogens (tertiary/aromatic N) is 1. The lowest BCUT2D eigenvalue weighted by Gasteiger charge is -2.26. The largest absolute Gasteiger partial charge is 0.310 e. The number of fused-ring (bicyclic) bond motifs is 6. The van der Waals surface area contributed by atoms with Crippen LogP contribution >= 0.6 is 11.3 Å². The molecule has 11 aromatic rings. The molecule has 2 heteroatoms. The van der Waals surface area contributed by atoms with Crippen LogP contribution in [0.2, 0.25) is 0 Å². The number of anilines is 3. The van der Waals surface area contributed by atoms with E-state index >= 15 is 0 Å². The van der Waals surface area contributed by atoms with Crippen molar-refractivity contribution in [3.8, 4) is 44.5 Å². The molecule has 0 atom stereocenters. The first-order valence-corrected chi connectivity index (χ1v) is 20.6. The summed E-state index contributed by atoms with van der Waals surface area (Å²) in [7, 11) is 0. The molecular weight excluding hydrogens is 719 g/mol. The number of hydrogen-bond donors (Lipinski definition) is 0. The summed E-state index contributed by atoms with van der Waals surface area (Å²) in [4.78, 5) is 2.37. The minimum atomic E-state index is 1.11. The van der Waals surface area contributed by atoms with Gasteiger partial charge in [-0.05, 0) is 115 Å². The molecule has 0 radical (unpaired) electrons. The summed E-state index contributed by atoms with van der Waals surface area (Å²) in [6.45, 7) is 0. The van der Waals surface area contributed by atoms with Gasteiger partial charge >= 0.3 is 0 Å². The first-order chi connectivity index (χ1) is 28.7. The molecule has 0 N–H and O–H groups in total. The fourth-order valence-corrected chi connectivity index (χ4v) is 9.76. The zero-order valence-electron chi connectivity index (χ0n) is 31.7. The molecule has 272 valence electrons. The molecule has 11 rings (SSSR count). The van der Waals surface area contributed by atoms with E-state index in [1.54, 1.807) is 0 Å². The van der Waals surface area contributed by atoms with Gasteiger partial charge in [-0.3, -0.25) is 0 Å². The molecule has 0 saturated carbocycles. The Bertz CT molecular complexity index is 3250. The maximum atomic E-state index is 2.37. The van der Waals surface area contributed by atoms with Gasteiger partial charge in [0, 0.05) is 37.2 Å². The van der Waals surface area contributed by atoms with E-state index in [-0.39, 0.29) is 0 Å². The number of benzene rings is 10. The summed E-state index contributed by atoms with van der Waals surface area (Å²) in [5.41, 5.74) is 13.0. The third-order valence-corrected chi connectivity index (χ3v) is 12.7. The van der Waals surface area contributed by atoms with Crippen LogP contribution in [-0.4, -0.2) is 0 Å². The van der Waals surface area contributed by atoms with Gasteiger partial charge in [0.15, 0.2) is 0 Å². The lowest BCUT2D eigenvalue weighted by Crippen LogP contribution is -2.10. The molecule has 0 saturated heterocycles. The third kappa shape index (κ3) is 6.12. The molecule has 0 fully saturated rings. The SMILES string of the molecule is c1ccc(-c2ccc(N(c3ccc(-c4cccc5c4sc4ccccc45)cc3)c3cccc(-c4ccc(-c5ccc6c(ccc7ccccc76)c5)cc4)c3)cc2)cc1. The van der Waals surface area contributed by atoms with Crippen LogP contribution < -0.4 is 4.90 Å². The Morgan fingerprint density at radius 2 is 0.793 bits per heavy atom. The van der Waals surface area contributed by atoms with Crippen molar-refractivity contribution >= 4 is 70.1 Å². The van der Waals surface area contributed by atoms with Crippen molar-refractivity contribution in [2.45, 2.75) is 0 Å². The summed E-state index contributed by atoms with van der Waals surface area (Å²) >= 11 is 1.88. The maximum Gasteiger partial charge on any atom is 0.0467 e. The van der Waals surface area contributed by atoms with Gasteiger partial charge in [0.2, 0.25) is 0 Å². The van der Waals surface area contributed by atoms with Crippen LogP contribution in [0.25, 0.3) is 86.2 Å². The normalized spacial score (nSPS) is 11.4. The van der Waals surface area contributed by atoms with Crippen molar-refractivity contribution in [3.05, 3.63) is 224 Å². The molecule has 0 spiro atoms. The molecule has 0 aliphatic rings. The van der Waals surface area contributed by atoms with Gasteiger partial charge in [-0.2, -0.15) is 0 Å². The van der Waals surface area contributed by atoms with E-state index in [1.807, 2.05) is 11.3 Å². The fourth-order valence-electron chi connectivity index (χ4n) is 8.52. The van der Waals surface area contributed by atoms with E-state index in [0.717, 1.165) is 17.1 Å². The predicted octanol–water partition coefficient (Wildman–Crippen LogP) is 16.5. The predicted molar refractivity (Wildman–Crippen MR) is 251 cm³/mol. The van der Waals surface area contributed by atoms with Gasteiger partial charge in [0.25, 0.3) is 0 Å². The molecule has 10 aromatic carbocycles. The van der Waals surface area contributed by atoms with Crippen molar-refractivity contribution in [2.24, 2.45) is 0 Å². The topological polar surface area (TPSA) is 3.24 Å². The van der Waals surface area contributed by atoms with Crippen molar-refractivity contribution in [2.75, 3.05) is 4.90 Å². The second-order valence-corrected chi connectivity index (χ2v) is 16.0. The zero-order chi connectivity index (χ0) is 38.4. The van der Waals surface area contributed by atoms with Crippen molar-refractivity contribution in [1.29, 1.82) is 0 Å². The summed E-state index contributed by atoms with van der Waals surface area (Å²) in [6.07, 6.45) is 0. The van der Waals surface area contributed by atoms with Crippen LogP contribution in [0.1, 0.15) is 0 Å². The smallest absolute Gasteiger partial charge is 0.0467 e. The number of rotatable bonds is 7. The highest BCUT2D eigenvalue weighted by atomic mass is 32.1. The van der Waals surface area contributed by atoms with Gasteiger partial charge in [-0.1, -0.05) is 176 Å². The fraction of sp³-hybridized carbons (Fsp3) is 0. The highest BCUT2D eigenvalue weighted by Crippen LogP contribution is 2.42. The lowest BCUT2D eigenvalue weighted by atomic mass is 9.96. The Morgan fingerprint density at radius 3 is 1.57 bits per heavy atom. The van der Waals surface area contributed by atoms with Crippen LogP contribution in [0.15, 0.2) is 224 Å². The average molecular weight is 756 g/mol. The van der Waals surface area contributed by atoms with Gasteiger partial charge in [-0.15, -0.1) is 11.3 Å². The molecule has 0 aliphatic heterocycles. The molecule has 0 amide bonds. The molecule has 1 aromatic heterocycles. The van der Waals surface area contributed by atoms with Gasteiger partial charge in [0.05, 0.1) is 0 Å². The Hall–Kier alpha value is -7.26. The molecule has 0 unspecified atom stereocenters. The monoisotopic (exact) mass is 755 g/mol. The van der Waals surface area contributed by atoms with E-state index in [2.05, 4.69) is 229 Å². The first kappa shape index (κ1) is 34.0. The summed E-state index contributed by atoms with van der Waals surface area (Å²) < 4.78 is 2.65. The second-order valence-electron chi connectivity index (χ2n) is 14.9. The molecule has 58 heavy (non-hydrogen) atoms. The van der Waals surface area contributed by atoms with E-state index in [4.69, 9.17) is 0 Å². The molecule has 1 heterocycles. The van der Waals surface area contributed by atoms with Gasteiger partial charge < -0.3 is 4.90 Å². The quantitative estimate of drug-likeness (QED) is 0.146. The molecular formula is C56H37NS. The van der Waals surface area contributed by atoms with E-state index in [0.29, 0.717) is 0 Å². The summed E-state index contributed by atoms with van der Waals surface area (Å²) in [5, 5.41) is 7.76. The molecule has 0 bridgehead atoms. The van der Waals surface area contributed by atoms with Gasteiger partial charge in [0.1, 0.15) is 0 Å². The average Bonchev–Trinajstić information content (AvgIpc) is 3.69. The summed E-state index contributed by atoms with van der Waals surface area (Å²) in [6, 6.07) is 81.8. The zero-order valence-corrected chi connectivity index (χ0v) is 32.5. The second kappa shape index (κ2) is 14.4. The minimum absolute atomic E-state index is 1.11. The Labute approximate surface area is 342 Å². The summed E-state index contributed by atoms with van der Waals surface area (Å²) in [5.74, 6) is 0. The van der Waals surface area contributed by atoms with Crippen LogP contribution in [0.4, 0.5) is 17.1 Å². The highest BCUT2D eigenvalue weighted by Gasteiger charge is 2.16. The van der Waals surface area contributed by atoms with E-state index in [1.165, 1.54) is 86.2 Å². The minimum Gasteiger partial charge on any atom is -0.310 e. The van der Waals surface area contributed by atoms with Crippen molar-refractivity contribution < 1.29 is 0 Å². The Morgan fingerprint density at radius 1 is 0.276 bits per heavy atom. The molecule has 0 aliphatic carbocycles. The highest BCUT2D eigenvalue weighted by molar-refractivity contribution is 7.26.